The lowest BCUT2D eigenvalue weighted by Gasteiger charge is -2.28. The van der Waals surface area contributed by atoms with Crippen LogP contribution in [0.2, 0.25) is 0 Å². The van der Waals surface area contributed by atoms with E-state index in [9.17, 15) is 14.4 Å². The van der Waals surface area contributed by atoms with Crippen LogP contribution >= 0.6 is 11.3 Å². The molecule has 3 aliphatic rings. The molecule has 0 aliphatic carbocycles. The van der Waals surface area contributed by atoms with Crippen LogP contribution in [0.3, 0.4) is 0 Å². The van der Waals surface area contributed by atoms with E-state index in [0.717, 1.165) is 30.0 Å². The molecule has 0 bridgehead atoms. The number of hydrogen-bond acceptors (Lipinski definition) is 5. The summed E-state index contributed by atoms with van der Waals surface area (Å²) in [5.74, 6) is 0.372. The van der Waals surface area contributed by atoms with Crippen LogP contribution in [0, 0.1) is 5.92 Å². The van der Waals surface area contributed by atoms with Crippen molar-refractivity contribution in [2.45, 2.75) is 25.8 Å². The fourth-order valence-corrected chi connectivity index (χ4v) is 5.42. The molecule has 0 aromatic carbocycles. The van der Waals surface area contributed by atoms with Gasteiger partial charge < -0.3 is 20.0 Å². The van der Waals surface area contributed by atoms with Crippen LogP contribution in [-0.4, -0.2) is 72.7 Å². The van der Waals surface area contributed by atoms with E-state index in [1.807, 2.05) is 4.90 Å². The topological polar surface area (TPSA) is 73.0 Å². The minimum absolute atomic E-state index is 0.0788. The number of likely N-dealkylation sites (tertiary alicyclic amines) is 1. The number of amides is 3. The largest absolute Gasteiger partial charge is 0.337 e. The number of nitrogens with one attached hydrogen (secondary N) is 1. The van der Waals surface area contributed by atoms with Gasteiger partial charge in [-0.15, -0.1) is 11.3 Å². The molecule has 1 saturated heterocycles. The number of carbonyl (C=O) groups excluding carboxylic acids is 3. The van der Waals surface area contributed by atoms with Crippen molar-refractivity contribution in [2.24, 2.45) is 5.92 Å². The Balaban J connectivity index is 1.51. The van der Waals surface area contributed by atoms with E-state index in [1.165, 1.54) is 16.2 Å². The summed E-state index contributed by atoms with van der Waals surface area (Å²) >= 11 is 1.44. The quantitative estimate of drug-likeness (QED) is 0.836. The SMILES string of the molecule is CN1CCC(CC(=O)N2CCc3c(sc4c3C(=O)N(C)CC(=O)N4)C2)C1. The van der Waals surface area contributed by atoms with E-state index in [2.05, 4.69) is 17.3 Å². The Hall–Kier alpha value is -1.93. The van der Waals surface area contributed by atoms with Gasteiger partial charge in [-0.1, -0.05) is 0 Å². The maximum Gasteiger partial charge on any atom is 0.257 e. The third-order valence-corrected chi connectivity index (χ3v) is 6.69. The Bertz CT molecular complexity index is 775. The molecule has 7 nitrogen and oxygen atoms in total. The van der Waals surface area contributed by atoms with Gasteiger partial charge >= 0.3 is 0 Å². The van der Waals surface area contributed by atoms with Crippen molar-refractivity contribution in [1.29, 1.82) is 0 Å². The molecule has 3 amide bonds. The molecule has 1 aromatic heterocycles. The maximum atomic E-state index is 12.7. The zero-order chi connectivity index (χ0) is 18.4. The smallest absolute Gasteiger partial charge is 0.257 e. The molecule has 26 heavy (non-hydrogen) atoms. The number of thiophene rings is 1. The fraction of sp³-hybridized carbons (Fsp3) is 0.611. The first-order valence-electron chi connectivity index (χ1n) is 9.08. The van der Waals surface area contributed by atoms with E-state index >= 15 is 0 Å². The van der Waals surface area contributed by atoms with Gasteiger partial charge in [-0.2, -0.15) is 0 Å². The molecule has 4 heterocycles. The first kappa shape index (κ1) is 17.5. The van der Waals surface area contributed by atoms with E-state index in [0.29, 0.717) is 42.4 Å². The lowest BCUT2D eigenvalue weighted by atomic mass is 10.00. The summed E-state index contributed by atoms with van der Waals surface area (Å²) in [5.41, 5.74) is 1.64. The first-order chi connectivity index (χ1) is 12.4. The number of nitrogens with zero attached hydrogens (tertiary/aromatic N) is 3. The standard InChI is InChI=1S/C18H24N4O3S/c1-20-5-3-11(8-20)7-15(24)22-6-4-12-13(9-22)26-17-16(12)18(25)21(2)10-14(23)19-17/h11H,3-10H2,1-2H3,(H,19,23). The minimum Gasteiger partial charge on any atom is -0.337 e. The average molecular weight is 376 g/mol. The lowest BCUT2D eigenvalue weighted by Crippen LogP contribution is -2.37. The Morgan fingerprint density at radius 3 is 2.77 bits per heavy atom. The van der Waals surface area contributed by atoms with E-state index in [1.54, 1.807) is 7.05 Å². The highest BCUT2D eigenvalue weighted by molar-refractivity contribution is 7.17. The van der Waals surface area contributed by atoms with Crippen LogP contribution in [0.5, 0.6) is 0 Å². The van der Waals surface area contributed by atoms with Crippen molar-refractivity contribution in [3.63, 3.8) is 0 Å². The third-order valence-electron chi connectivity index (χ3n) is 5.56. The van der Waals surface area contributed by atoms with Gasteiger partial charge in [0.1, 0.15) is 5.00 Å². The predicted octanol–water partition coefficient (Wildman–Crippen LogP) is 0.999. The number of likely N-dealkylation sites (N-methyl/N-ethyl adjacent to an activating group) is 1. The van der Waals surface area contributed by atoms with E-state index < -0.39 is 0 Å². The first-order valence-corrected chi connectivity index (χ1v) is 9.90. The van der Waals surface area contributed by atoms with Gasteiger partial charge in [-0.05, 0) is 37.9 Å². The number of rotatable bonds is 2. The molecule has 0 spiro atoms. The normalized spacial score (nSPS) is 23.5. The van der Waals surface area contributed by atoms with Gasteiger partial charge in [-0.25, -0.2) is 0 Å². The van der Waals surface area contributed by atoms with E-state index in [-0.39, 0.29) is 24.3 Å². The van der Waals surface area contributed by atoms with Crippen LogP contribution in [0.4, 0.5) is 5.00 Å². The molecule has 3 aliphatic heterocycles. The summed E-state index contributed by atoms with van der Waals surface area (Å²) in [6.07, 6.45) is 2.36. The molecule has 8 heteroatoms. The highest BCUT2D eigenvalue weighted by Gasteiger charge is 2.34. The molecule has 1 atom stereocenters. The summed E-state index contributed by atoms with van der Waals surface area (Å²) in [6.45, 7) is 3.32. The van der Waals surface area contributed by atoms with Crippen LogP contribution in [0.15, 0.2) is 0 Å². The van der Waals surface area contributed by atoms with Gasteiger partial charge in [0, 0.05) is 31.4 Å². The van der Waals surface area contributed by atoms with Crippen molar-refractivity contribution in [3.8, 4) is 0 Å². The molecule has 0 saturated carbocycles. The summed E-state index contributed by atoms with van der Waals surface area (Å²) in [7, 11) is 3.75. The molecule has 1 aromatic rings. The zero-order valence-electron chi connectivity index (χ0n) is 15.2. The molecule has 1 N–H and O–H groups in total. The molecular weight excluding hydrogens is 352 g/mol. The van der Waals surface area contributed by atoms with E-state index in [4.69, 9.17) is 0 Å². The predicted molar refractivity (Wildman–Crippen MR) is 99.3 cm³/mol. The zero-order valence-corrected chi connectivity index (χ0v) is 16.0. The number of fused-ring (bicyclic) bond motifs is 3. The Labute approximate surface area is 156 Å². The lowest BCUT2D eigenvalue weighted by molar-refractivity contribution is -0.133. The summed E-state index contributed by atoms with van der Waals surface area (Å²) in [4.78, 5) is 44.0. The Morgan fingerprint density at radius 1 is 1.23 bits per heavy atom. The second-order valence-corrected chi connectivity index (χ2v) is 8.71. The molecule has 1 fully saturated rings. The molecule has 1 unspecified atom stereocenters. The number of carbonyl (C=O) groups is 3. The molecule has 140 valence electrons. The highest BCUT2D eigenvalue weighted by atomic mass is 32.1. The third kappa shape index (κ3) is 3.12. The Kier molecular flexibility index (Phi) is 4.48. The average Bonchev–Trinajstić information content (AvgIpc) is 3.13. The number of hydrogen-bond donors (Lipinski definition) is 1. The molecule has 0 radical (unpaired) electrons. The van der Waals surface area contributed by atoms with Gasteiger partial charge in [-0.3, -0.25) is 14.4 Å². The minimum atomic E-state index is -0.170. The number of anilines is 1. The summed E-state index contributed by atoms with van der Waals surface area (Å²) in [5, 5.41) is 3.50. The van der Waals surface area contributed by atoms with Crippen molar-refractivity contribution >= 4 is 34.1 Å². The summed E-state index contributed by atoms with van der Waals surface area (Å²) in [6, 6.07) is 0. The second-order valence-electron chi connectivity index (χ2n) is 7.60. The van der Waals surface area contributed by atoms with Crippen LogP contribution in [0.25, 0.3) is 0 Å². The summed E-state index contributed by atoms with van der Waals surface area (Å²) < 4.78 is 0. The molecular formula is C18H24N4O3S. The maximum absolute atomic E-state index is 12.7. The van der Waals surface area contributed by atoms with Crippen LogP contribution in [-0.2, 0) is 22.6 Å². The van der Waals surface area contributed by atoms with Crippen molar-refractivity contribution in [2.75, 3.05) is 45.6 Å². The van der Waals surface area contributed by atoms with Crippen molar-refractivity contribution in [1.82, 2.24) is 14.7 Å². The van der Waals surface area contributed by atoms with Gasteiger partial charge in [0.05, 0.1) is 18.7 Å². The van der Waals surface area contributed by atoms with Crippen molar-refractivity contribution < 1.29 is 14.4 Å². The van der Waals surface area contributed by atoms with Gasteiger partial charge in [0.15, 0.2) is 0 Å². The van der Waals surface area contributed by atoms with Gasteiger partial charge in [0.2, 0.25) is 11.8 Å². The monoisotopic (exact) mass is 376 g/mol. The highest BCUT2D eigenvalue weighted by Crippen LogP contribution is 2.39. The van der Waals surface area contributed by atoms with Gasteiger partial charge in [0.25, 0.3) is 5.91 Å². The van der Waals surface area contributed by atoms with Crippen LogP contribution < -0.4 is 5.32 Å². The fourth-order valence-electron chi connectivity index (χ4n) is 4.14. The second kappa shape index (κ2) is 6.66. The molecule has 4 rings (SSSR count). The Morgan fingerprint density at radius 2 is 2.04 bits per heavy atom. The van der Waals surface area contributed by atoms with Crippen LogP contribution in [0.1, 0.15) is 33.6 Å². The van der Waals surface area contributed by atoms with Crippen molar-refractivity contribution in [3.05, 3.63) is 16.0 Å².